The second kappa shape index (κ2) is 8.24. The van der Waals surface area contributed by atoms with Crippen molar-refractivity contribution in [2.75, 3.05) is 7.11 Å². The molecule has 0 aliphatic carbocycles. The van der Waals surface area contributed by atoms with Crippen LogP contribution < -0.4 is 4.74 Å². The van der Waals surface area contributed by atoms with Crippen LogP contribution in [0.2, 0.25) is 0 Å². The van der Waals surface area contributed by atoms with Crippen LogP contribution in [0.4, 0.5) is 0 Å². The molecule has 138 valence electrons. The van der Waals surface area contributed by atoms with Crippen molar-refractivity contribution in [3.8, 4) is 27.7 Å². The molecule has 8 heteroatoms. The van der Waals surface area contributed by atoms with Crippen molar-refractivity contribution < 1.29 is 4.74 Å². The molecule has 5 nitrogen and oxygen atoms in total. The lowest BCUT2D eigenvalue weighted by Crippen LogP contribution is -2.01. The van der Waals surface area contributed by atoms with E-state index in [2.05, 4.69) is 43.9 Å². The zero-order valence-corrected chi connectivity index (χ0v) is 17.4. The largest absolute Gasteiger partial charge is 0.496 e. The molecular formula is C19H18N4OS3. The molecule has 0 fully saturated rings. The Bertz CT molecular complexity index is 1020. The van der Waals surface area contributed by atoms with E-state index in [0.717, 1.165) is 45.3 Å². The van der Waals surface area contributed by atoms with Crippen LogP contribution in [-0.2, 0) is 12.3 Å². The van der Waals surface area contributed by atoms with E-state index in [9.17, 15) is 0 Å². The highest BCUT2D eigenvalue weighted by atomic mass is 32.2. The van der Waals surface area contributed by atoms with E-state index in [1.165, 1.54) is 5.56 Å². The predicted octanol–water partition coefficient (Wildman–Crippen LogP) is 5.45. The summed E-state index contributed by atoms with van der Waals surface area (Å²) in [6.07, 6.45) is 0. The predicted molar refractivity (Wildman–Crippen MR) is 113 cm³/mol. The highest BCUT2D eigenvalue weighted by Crippen LogP contribution is 2.32. The molecule has 27 heavy (non-hydrogen) atoms. The van der Waals surface area contributed by atoms with E-state index in [4.69, 9.17) is 9.72 Å². The monoisotopic (exact) mass is 414 g/mol. The van der Waals surface area contributed by atoms with Crippen molar-refractivity contribution in [3.05, 3.63) is 52.2 Å². The first-order valence-corrected chi connectivity index (χ1v) is 11.3. The quantitative estimate of drug-likeness (QED) is 0.376. The van der Waals surface area contributed by atoms with Gasteiger partial charge in [0.05, 0.1) is 18.4 Å². The number of hydrogen-bond donors (Lipinski definition) is 0. The molecule has 4 rings (SSSR count). The normalized spacial score (nSPS) is 11.0. The number of nitrogens with zero attached hydrogens (tertiary/aromatic N) is 4. The van der Waals surface area contributed by atoms with Gasteiger partial charge >= 0.3 is 0 Å². The molecule has 0 amide bonds. The van der Waals surface area contributed by atoms with Crippen molar-refractivity contribution in [1.82, 2.24) is 19.7 Å². The van der Waals surface area contributed by atoms with Crippen molar-refractivity contribution in [2.45, 2.75) is 24.4 Å². The number of ether oxygens (including phenoxy) is 1. The van der Waals surface area contributed by atoms with Gasteiger partial charge in [0.2, 0.25) is 0 Å². The Morgan fingerprint density at radius 2 is 2.04 bits per heavy atom. The summed E-state index contributed by atoms with van der Waals surface area (Å²) < 4.78 is 7.60. The van der Waals surface area contributed by atoms with Crippen LogP contribution in [0.3, 0.4) is 0 Å². The summed E-state index contributed by atoms with van der Waals surface area (Å²) in [4.78, 5) is 4.74. The number of rotatable bonds is 7. The van der Waals surface area contributed by atoms with Crippen LogP contribution in [0.15, 0.2) is 51.6 Å². The molecule has 0 saturated heterocycles. The van der Waals surface area contributed by atoms with E-state index in [0.29, 0.717) is 0 Å². The Labute approximate surface area is 170 Å². The smallest absolute Gasteiger partial charge is 0.191 e. The number of hydrogen-bond acceptors (Lipinski definition) is 7. The SMILES string of the molecule is CCn1c(SCc2csc(-c3ccsc3)n2)nnc1-c1ccccc1OC. The van der Waals surface area contributed by atoms with E-state index >= 15 is 0 Å². The van der Waals surface area contributed by atoms with Gasteiger partial charge in [-0.1, -0.05) is 23.9 Å². The van der Waals surface area contributed by atoms with Crippen molar-refractivity contribution in [3.63, 3.8) is 0 Å². The molecule has 3 aromatic heterocycles. The lowest BCUT2D eigenvalue weighted by Gasteiger charge is -2.10. The highest BCUT2D eigenvalue weighted by molar-refractivity contribution is 7.98. The van der Waals surface area contributed by atoms with E-state index in [-0.39, 0.29) is 0 Å². The summed E-state index contributed by atoms with van der Waals surface area (Å²) in [5.41, 5.74) is 3.21. The summed E-state index contributed by atoms with van der Waals surface area (Å²) in [5.74, 6) is 2.40. The van der Waals surface area contributed by atoms with Gasteiger partial charge in [-0.25, -0.2) is 4.98 Å². The first kappa shape index (κ1) is 18.2. The molecule has 0 bridgehead atoms. The summed E-state index contributed by atoms with van der Waals surface area (Å²) >= 11 is 5.03. The van der Waals surface area contributed by atoms with Gasteiger partial charge in [0, 0.05) is 28.6 Å². The third-order valence-corrected chi connectivity index (χ3v) is 6.67. The third kappa shape index (κ3) is 3.78. The number of methoxy groups -OCH3 is 1. The molecule has 0 radical (unpaired) electrons. The Hall–Kier alpha value is -2.16. The van der Waals surface area contributed by atoms with E-state index < -0.39 is 0 Å². The Morgan fingerprint density at radius 3 is 2.81 bits per heavy atom. The average Bonchev–Trinajstić information content (AvgIpc) is 3.46. The summed E-state index contributed by atoms with van der Waals surface area (Å²) in [5, 5.41) is 17.1. The molecule has 0 unspecified atom stereocenters. The number of aromatic nitrogens is 4. The van der Waals surface area contributed by atoms with Crippen LogP contribution in [0.1, 0.15) is 12.6 Å². The minimum atomic E-state index is 0.769. The zero-order valence-electron chi connectivity index (χ0n) is 15.0. The molecule has 0 aliphatic rings. The maximum Gasteiger partial charge on any atom is 0.191 e. The molecule has 3 heterocycles. The minimum absolute atomic E-state index is 0.769. The zero-order chi connectivity index (χ0) is 18.6. The van der Waals surface area contributed by atoms with Crippen LogP contribution in [0, 0.1) is 0 Å². The van der Waals surface area contributed by atoms with E-state index in [1.54, 1.807) is 41.5 Å². The van der Waals surface area contributed by atoms with Gasteiger partial charge in [-0.15, -0.1) is 21.5 Å². The number of thiophene rings is 1. The fraction of sp³-hybridized carbons (Fsp3) is 0.211. The molecule has 0 atom stereocenters. The molecule has 0 aliphatic heterocycles. The van der Waals surface area contributed by atoms with Crippen molar-refractivity contribution in [2.24, 2.45) is 0 Å². The third-order valence-electron chi connectivity index (χ3n) is 4.05. The number of thiazole rings is 1. The van der Waals surface area contributed by atoms with Gasteiger partial charge in [0.1, 0.15) is 10.8 Å². The van der Waals surface area contributed by atoms with Crippen LogP contribution in [0.5, 0.6) is 5.75 Å². The number of benzene rings is 1. The molecule has 4 aromatic rings. The van der Waals surface area contributed by atoms with E-state index in [1.807, 2.05) is 24.3 Å². The summed E-state index contributed by atoms with van der Waals surface area (Å²) in [6, 6.07) is 10.0. The van der Waals surface area contributed by atoms with Gasteiger partial charge in [0.25, 0.3) is 0 Å². The van der Waals surface area contributed by atoms with Crippen molar-refractivity contribution in [1.29, 1.82) is 0 Å². The topological polar surface area (TPSA) is 52.8 Å². The Morgan fingerprint density at radius 1 is 1.15 bits per heavy atom. The maximum atomic E-state index is 5.48. The van der Waals surface area contributed by atoms with Gasteiger partial charge in [-0.3, -0.25) is 0 Å². The highest BCUT2D eigenvalue weighted by Gasteiger charge is 2.17. The summed E-state index contributed by atoms with van der Waals surface area (Å²) in [6.45, 7) is 2.89. The Kier molecular flexibility index (Phi) is 5.56. The number of para-hydroxylation sites is 1. The van der Waals surface area contributed by atoms with Crippen molar-refractivity contribution >= 4 is 34.4 Å². The van der Waals surface area contributed by atoms with Crippen LogP contribution in [-0.4, -0.2) is 26.9 Å². The average molecular weight is 415 g/mol. The fourth-order valence-electron chi connectivity index (χ4n) is 2.74. The second-order valence-electron chi connectivity index (χ2n) is 5.70. The van der Waals surface area contributed by atoms with Crippen LogP contribution >= 0.6 is 34.4 Å². The minimum Gasteiger partial charge on any atom is -0.496 e. The second-order valence-corrected chi connectivity index (χ2v) is 8.28. The maximum absolute atomic E-state index is 5.48. The van der Waals surface area contributed by atoms with Crippen LogP contribution in [0.25, 0.3) is 22.0 Å². The first-order valence-electron chi connectivity index (χ1n) is 8.46. The van der Waals surface area contributed by atoms with Gasteiger partial charge in [0.15, 0.2) is 11.0 Å². The van der Waals surface area contributed by atoms with Gasteiger partial charge < -0.3 is 9.30 Å². The molecule has 1 aromatic carbocycles. The standard InChI is InChI=1S/C19H18N4OS3/c1-3-23-17(15-6-4-5-7-16(15)24-2)21-22-19(23)27-12-14-11-26-18(20-14)13-8-9-25-10-13/h4-11H,3,12H2,1-2H3. The molecule has 0 N–H and O–H groups in total. The number of thioether (sulfide) groups is 1. The Balaban J connectivity index is 1.54. The van der Waals surface area contributed by atoms with Gasteiger partial charge in [-0.05, 0) is 30.5 Å². The fourth-order valence-corrected chi connectivity index (χ4v) is 5.27. The first-order chi connectivity index (χ1) is 13.3. The van der Waals surface area contributed by atoms with Gasteiger partial charge in [-0.2, -0.15) is 11.3 Å². The lowest BCUT2D eigenvalue weighted by atomic mass is 10.2. The molecular weight excluding hydrogens is 396 g/mol. The lowest BCUT2D eigenvalue weighted by molar-refractivity contribution is 0.416. The molecule has 0 spiro atoms. The summed E-state index contributed by atoms with van der Waals surface area (Å²) in [7, 11) is 1.68. The molecule has 0 saturated carbocycles.